The van der Waals surface area contributed by atoms with E-state index < -0.39 is 0 Å². The number of Topliss-reactive ketones (excluding diaryl/α,β-unsaturated/α-hetero) is 1. The molecule has 2 rings (SSSR count). The van der Waals surface area contributed by atoms with Crippen molar-refractivity contribution in [1.82, 2.24) is 10.1 Å². The number of halogens is 1. The number of carbonyl (C=O) groups is 1. The van der Waals surface area contributed by atoms with Crippen LogP contribution in [-0.2, 0) is 0 Å². The van der Waals surface area contributed by atoms with Gasteiger partial charge in [-0.25, -0.2) is 4.98 Å². The molecular weight excluding hydrogens is 204 g/mol. The number of pyridine rings is 1. The molecule has 0 unspecified atom stereocenters. The quantitative estimate of drug-likeness (QED) is 0.678. The molecule has 0 fully saturated rings. The van der Waals surface area contributed by atoms with Gasteiger partial charge in [0.25, 0.3) is 0 Å². The van der Waals surface area contributed by atoms with Crippen molar-refractivity contribution in [3.63, 3.8) is 0 Å². The maximum absolute atomic E-state index is 11.2. The Morgan fingerprint density at radius 1 is 1.57 bits per heavy atom. The van der Waals surface area contributed by atoms with Crippen LogP contribution in [0.1, 0.15) is 23.0 Å². The van der Waals surface area contributed by atoms with Gasteiger partial charge < -0.3 is 4.52 Å². The van der Waals surface area contributed by atoms with Crippen LogP contribution in [0.25, 0.3) is 11.0 Å². The van der Waals surface area contributed by atoms with E-state index >= 15 is 0 Å². The molecule has 0 amide bonds. The largest absolute Gasteiger partial charge is 0.359 e. The van der Waals surface area contributed by atoms with Gasteiger partial charge in [0.15, 0.2) is 5.78 Å². The summed E-state index contributed by atoms with van der Waals surface area (Å²) < 4.78 is 4.92. The molecule has 2 aromatic rings. The second-order valence-corrected chi connectivity index (χ2v) is 3.36. The molecule has 5 heteroatoms. The minimum absolute atomic E-state index is 0.120. The molecule has 0 saturated carbocycles. The predicted octanol–water partition coefficient (Wildman–Crippen LogP) is 2.39. The second-order valence-electron chi connectivity index (χ2n) is 2.98. The molecule has 14 heavy (non-hydrogen) atoms. The third-order valence-electron chi connectivity index (χ3n) is 2.00. The van der Waals surface area contributed by atoms with Crippen LogP contribution < -0.4 is 0 Å². The maximum Gasteiger partial charge on any atom is 0.204 e. The molecule has 72 valence electrons. The summed E-state index contributed by atoms with van der Waals surface area (Å²) in [6.45, 7) is 3.17. The van der Waals surface area contributed by atoms with Crippen LogP contribution in [0.15, 0.2) is 10.7 Å². The summed E-state index contributed by atoms with van der Waals surface area (Å²) in [7, 11) is 0. The minimum Gasteiger partial charge on any atom is -0.359 e. The van der Waals surface area contributed by atoms with Gasteiger partial charge in [-0.1, -0.05) is 16.8 Å². The average molecular weight is 211 g/mol. The molecule has 0 spiro atoms. The number of hydrogen-bond acceptors (Lipinski definition) is 4. The lowest BCUT2D eigenvalue weighted by Crippen LogP contribution is -1.95. The Labute approximate surface area is 84.9 Å². The van der Waals surface area contributed by atoms with Crippen molar-refractivity contribution in [3.8, 4) is 0 Å². The molecule has 0 radical (unpaired) electrons. The van der Waals surface area contributed by atoms with Crippen molar-refractivity contribution in [2.45, 2.75) is 13.8 Å². The SMILES string of the molecule is CC(=O)c1cnc2noc(C)c2c1Cl. The van der Waals surface area contributed by atoms with Crippen molar-refractivity contribution in [3.05, 3.63) is 22.5 Å². The van der Waals surface area contributed by atoms with Gasteiger partial charge in [-0.05, 0) is 13.8 Å². The van der Waals surface area contributed by atoms with E-state index in [9.17, 15) is 4.79 Å². The molecule has 0 saturated heterocycles. The van der Waals surface area contributed by atoms with Crippen LogP contribution in [0.2, 0.25) is 5.02 Å². The minimum atomic E-state index is -0.120. The third-order valence-corrected chi connectivity index (χ3v) is 2.39. The number of rotatable bonds is 1. The lowest BCUT2D eigenvalue weighted by molar-refractivity contribution is 0.101. The van der Waals surface area contributed by atoms with Crippen molar-refractivity contribution in [2.24, 2.45) is 0 Å². The van der Waals surface area contributed by atoms with Crippen LogP contribution in [-0.4, -0.2) is 15.9 Å². The Bertz CT molecular complexity index is 519. The maximum atomic E-state index is 11.2. The second kappa shape index (κ2) is 3.06. The summed E-state index contributed by atoms with van der Waals surface area (Å²) in [5.41, 5.74) is 0.822. The molecule has 2 heterocycles. The number of carbonyl (C=O) groups excluding carboxylic acids is 1. The zero-order chi connectivity index (χ0) is 10.3. The van der Waals surface area contributed by atoms with Gasteiger partial charge in [-0.2, -0.15) is 0 Å². The fraction of sp³-hybridized carbons (Fsp3) is 0.222. The number of aromatic nitrogens is 2. The van der Waals surface area contributed by atoms with E-state index in [1.807, 2.05) is 0 Å². The van der Waals surface area contributed by atoms with Gasteiger partial charge in [0, 0.05) is 6.20 Å². The van der Waals surface area contributed by atoms with Crippen LogP contribution in [0.3, 0.4) is 0 Å². The van der Waals surface area contributed by atoms with Crippen LogP contribution in [0.5, 0.6) is 0 Å². The normalized spacial score (nSPS) is 10.8. The monoisotopic (exact) mass is 210 g/mol. The van der Waals surface area contributed by atoms with E-state index in [4.69, 9.17) is 16.1 Å². The number of aryl methyl sites for hydroxylation is 1. The fourth-order valence-electron chi connectivity index (χ4n) is 1.26. The highest BCUT2D eigenvalue weighted by Gasteiger charge is 2.15. The molecule has 0 aliphatic carbocycles. The van der Waals surface area contributed by atoms with Gasteiger partial charge in [0.05, 0.1) is 16.0 Å². The van der Waals surface area contributed by atoms with Crippen molar-refractivity contribution < 1.29 is 9.32 Å². The van der Waals surface area contributed by atoms with E-state index in [0.29, 0.717) is 27.4 Å². The van der Waals surface area contributed by atoms with E-state index in [1.54, 1.807) is 6.92 Å². The zero-order valence-corrected chi connectivity index (χ0v) is 8.42. The Kier molecular flexibility index (Phi) is 2.00. The fourth-order valence-corrected chi connectivity index (χ4v) is 1.66. The summed E-state index contributed by atoms with van der Waals surface area (Å²) in [4.78, 5) is 15.1. The highest BCUT2D eigenvalue weighted by atomic mass is 35.5. The molecule has 0 aliphatic rings. The Hall–Kier alpha value is -1.42. The third kappa shape index (κ3) is 1.19. The average Bonchev–Trinajstić information content (AvgIpc) is 2.48. The summed E-state index contributed by atoms with van der Waals surface area (Å²) >= 11 is 6.02. The highest BCUT2D eigenvalue weighted by molar-refractivity contribution is 6.38. The number of hydrogen-bond donors (Lipinski definition) is 0. The van der Waals surface area contributed by atoms with E-state index in [-0.39, 0.29) is 5.78 Å². The summed E-state index contributed by atoms with van der Waals surface area (Å²) in [5, 5.41) is 4.67. The van der Waals surface area contributed by atoms with Gasteiger partial charge in [-0.3, -0.25) is 4.79 Å². The van der Waals surface area contributed by atoms with Crippen molar-refractivity contribution in [1.29, 1.82) is 0 Å². The first-order valence-corrected chi connectivity index (χ1v) is 4.40. The van der Waals surface area contributed by atoms with Crippen molar-refractivity contribution >= 4 is 28.4 Å². The summed E-state index contributed by atoms with van der Waals surface area (Å²) in [6.07, 6.45) is 1.41. The van der Waals surface area contributed by atoms with Crippen LogP contribution in [0.4, 0.5) is 0 Å². The smallest absolute Gasteiger partial charge is 0.204 e. The van der Waals surface area contributed by atoms with E-state index in [0.717, 1.165) is 0 Å². The number of nitrogens with zero attached hydrogens (tertiary/aromatic N) is 2. The standard InChI is InChI=1S/C9H7ClN2O2/c1-4(13)6-3-11-9-7(8(6)10)5(2)14-12-9/h3H,1-2H3. The van der Waals surface area contributed by atoms with Crippen LogP contribution >= 0.6 is 11.6 Å². The van der Waals surface area contributed by atoms with Gasteiger partial charge in [0.1, 0.15) is 5.76 Å². The van der Waals surface area contributed by atoms with E-state index in [1.165, 1.54) is 13.1 Å². The summed E-state index contributed by atoms with van der Waals surface area (Å²) in [6, 6.07) is 0. The van der Waals surface area contributed by atoms with Gasteiger partial charge >= 0.3 is 0 Å². The number of fused-ring (bicyclic) bond motifs is 1. The van der Waals surface area contributed by atoms with E-state index in [2.05, 4.69) is 10.1 Å². The molecule has 0 N–H and O–H groups in total. The predicted molar refractivity (Wildman–Crippen MR) is 51.6 cm³/mol. The molecule has 2 aromatic heterocycles. The topological polar surface area (TPSA) is 56.0 Å². The number of ketones is 1. The Morgan fingerprint density at radius 3 is 2.93 bits per heavy atom. The molecule has 4 nitrogen and oxygen atoms in total. The zero-order valence-electron chi connectivity index (χ0n) is 7.67. The first-order valence-electron chi connectivity index (χ1n) is 4.02. The summed E-state index contributed by atoms with van der Waals surface area (Å²) in [5.74, 6) is 0.450. The molecular formula is C9H7ClN2O2. The van der Waals surface area contributed by atoms with Gasteiger partial charge in [-0.15, -0.1) is 0 Å². The molecule has 0 bridgehead atoms. The first-order chi connectivity index (χ1) is 6.61. The first kappa shape index (κ1) is 9.15. The van der Waals surface area contributed by atoms with Crippen molar-refractivity contribution in [2.75, 3.05) is 0 Å². The Balaban J connectivity index is 2.86. The highest BCUT2D eigenvalue weighted by Crippen LogP contribution is 2.28. The van der Waals surface area contributed by atoms with Gasteiger partial charge in [0.2, 0.25) is 5.65 Å². The molecule has 0 atom stereocenters. The molecule has 0 aromatic carbocycles. The lowest BCUT2D eigenvalue weighted by Gasteiger charge is -1.98. The van der Waals surface area contributed by atoms with Crippen LogP contribution in [0, 0.1) is 6.92 Å². The lowest BCUT2D eigenvalue weighted by atomic mass is 10.1. The Morgan fingerprint density at radius 2 is 2.29 bits per heavy atom. The molecule has 0 aliphatic heterocycles.